The Labute approximate surface area is 210 Å². The first kappa shape index (κ1) is 22.7. The normalized spacial score (nSPS) is 16.9. The van der Waals surface area contributed by atoms with Crippen molar-refractivity contribution < 1.29 is 13.9 Å². The van der Waals surface area contributed by atoms with Gasteiger partial charge in [-0.3, -0.25) is 9.69 Å². The van der Waals surface area contributed by atoms with Gasteiger partial charge in [0.1, 0.15) is 11.6 Å². The van der Waals surface area contributed by atoms with Crippen LogP contribution in [0.5, 0.6) is 5.75 Å². The molecule has 0 N–H and O–H groups in total. The standard InChI is InChI=1S/C31H29FN2O2/c1-36-27-12-13-29-28(19-27)31(14-16-33(17-15-31)20-22-6-10-26(32)11-7-22)21-34(29)30(35)25-9-8-23-4-2-3-5-24(23)18-25/h2-13,18-19H,14-17,20-21H2,1H3. The number of anilines is 1. The highest BCUT2D eigenvalue weighted by Crippen LogP contribution is 2.49. The lowest BCUT2D eigenvalue weighted by atomic mass is 9.74. The molecule has 4 nitrogen and oxygen atoms in total. The third-order valence-corrected chi connectivity index (χ3v) is 7.90. The molecule has 6 rings (SSSR count). The van der Waals surface area contributed by atoms with Crippen LogP contribution in [-0.2, 0) is 12.0 Å². The van der Waals surface area contributed by atoms with Gasteiger partial charge in [-0.2, -0.15) is 0 Å². The Morgan fingerprint density at radius 3 is 2.42 bits per heavy atom. The van der Waals surface area contributed by atoms with Gasteiger partial charge in [0, 0.05) is 29.8 Å². The van der Waals surface area contributed by atoms with Gasteiger partial charge < -0.3 is 9.64 Å². The molecule has 2 aliphatic rings. The van der Waals surface area contributed by atoms with Crippen molar-refractivity contribution in [3.63, 3.8) is 0 Å². The van der Waals surface area contributed by atoms with Crippen molar-refractivity contribution in [3.05, 3.63) is 107 Å². The molecule has 2 heterocycles. The maximum absolute atomic E-state index is 13.8. The van der Waals surface area contributed by atoms with Crippen LogP contribution in [-0.4, -0.2) is 37.6 Å². The number of carbonyl (C=O) groups excluding carboxylic acids is 1. The number of methoxy groups -OCH3 is 1. The number of fused-ring (bicyclic) bond motifs is 3. The number of nitrogens with zero attached hydrogens (tertiary/aromatic N) is 2. The van der Waals surface area contributed by atoms with Gasteiger partial charge >= 0.3 is 0 Å². The minimum Gasteiger partial charge on any atom is -0.497 e. The number of carbonyl (C=O) groups is 1. The molecule has 5 heteroatoms. The molecule has 1 fully saturated rings. The lowest BCUT2D eigenvalue weighted by Crippen LogP contribution is -2.45. The fourth-order valence-corrected chi connectivity index (χ4v) is 5.85. The van der Waals surface area contributed by atoms with Crippen molar-refractivity contribution in [1.29, 1.82) is 0 Å². The van der Waals surface area contributed by atoms with Crippen LogP contribution in [0.4, 0.5) is 10.1 Å². The summed E-state index contributed by atoms with van der Waals surface area (Å²) >= 11 is 0. The minimum absolute atomic E-state index is 0.0396. The van der Waals surface area contributed by atoms with Gasteiger partial charge in [0.2, 0.25) is 0 Å². The molecule has 36 heavy (non-hydrogen) atoms. The number of benzene rings is 4. The molecule has 0 bridgehead atoms. The number of halogens is 1. The number of piperidine rings is 1. The van der Waals surface area contributed by atoms with Gasteiger partial charge in [-0.15, -0.1) is 0 Å². The predicted molar refractivity (Wildman–Crippen MR) is 141 cm³/mol. The van der Waals surface area contributed by atoms with Gasteiger partial charge in [-0.25, -0.2) is 4.39 Å². The van der Waals surface area contributed by atoms with Crippen LogP contribution in [0.3, 0.4) is 0 Å². The van der Waals surface area contributed by atoms with E-state index in [9.17, 15) is 9.18 Å². The van der Waals surface area contributed by atoms with Crippen molar-refractivity contribution in [3.8, 4) is 5.75 Å². The molecule has 0 atom stereocenters. The first-order valence-electron chi connectivity index (χ1n) is 12.5. The quantitative estimate of drug-likeness (QED) is 0.350. The molecule has 0 unspecified atom stereocenters. The molecular formula is C31H29FN2O2. The highest BCUT2D eigenvalue weighted by molar-refractivity contribution is 6.09. The van der Waals surface area contributed by atoms with Crippen LogP contribution in [0, 0.1) is 5.82 Å². The molecule has 2 aliphatic heterocycles. The average Bonchev–Trinajstić information content (AvgIpc) is 3.23. The van der Waals surface area contributed by atoms with E-state index >= 15 is 0 Å². The Morgan fingerprint density at radius 1 is 0.917 bits per heavy atom. The van der Waals surface area contributed by atoms with E-state index in [1.807, 2.05) is 65.6 Å². The second kappa shape index (κ2) is 9.07. The second-order valence-corrected chi connectivity index (χ2v) is 10.0. The molecule has 0 saturated carbocycles. The summed E-state index contributed by atoms with van der Waals surface area (Å²) in [7, 11) is 1.69. The van der Waals surface area contributed by atoms with Crippen molar-refractivity contribution in [2.45, 2.75) is 24.8 Å². The maximum atomic E-state index is 13.8. The molecule has 1 saturated heterocycles. The predicted octanol–water partition coefficient (Wildman–Crippen LogP) is 6.18. The number of rotatable bonds is 4. The maximum Gasteiger partial charge on any atom is 0.258 e. The van der Waals surface area contributed by atoms with E-state index in [4.69, 9.17) is 4.74 Å². The highest BCUT2D eigenvalue weighted by atomic mass is 19.1. The van der Waals surface area contributed by atoms with E-state index < -0.39 is 0 Å². The van der Waals surface area contributed by atoms with Crippen molar-refractivity contribution in [2.75, 3.05) is 31.6 Å². The van der Waals surface area contributed by atoms with Gasteiger partial charge in [0.25, 0.3) is 5.91 Å². The molecule has 4 aromatic carbocycles. The monoisotopic (exact) mass is 480 g/mol. The fraction of sp³-hybridized carbons (Fsp3) is 0.258. The van der Waals surface area contributed by atoms with Crippen LogP contribution in [0.25, 0.3) is 10.8 Å². The molecule has 4 aromatic rings. The Morgan fingerprint density at radius 2 is 1.67 bits per heavy atom. The second-order valence-electron chi connectivity index (χ2n) is 10.0. The first-order chi connectivity index (χ1) is 17.5. The molecule has 0 aliphatic carbocycles. The molecule has 182 valence electrons. The Kier molecular flexibility index (Phi) is 5.73. The summed E-state index contributed by atoms with van der Waals surface area (Å²) in [6.07, 6.45) is 1.91. The summed E-state index contributed by atoms with van der Waals surface area (Å²) in [5.41, 5.74) is 3.92. The smallest absolute Gasteiger partial charge is 0.258 e. The summed E-state index contributed by atoms with van der Waals surface area (Å²) in [6.45, 7) is 3.32. The zero-order valence-electron chi connectivity index (χ0n) is 20.4. The third kappa shape index (κ3) is 4.03. The van der Waals surface area contributed by atoms with Gasteiger partial charge in [0.05, 0.1) is 7.11 Å². The largest absolute Gasteiger partial charge is 0.497 e. The molecule has 0 aromatic heterocycles. The van der Waals surface area contributed by atoms with Crippen LogP contribution in [0.2, 0.25) is 0 Å². The van der Waals surface area contributed by atoms with E-state index in [-0.39, 0.29) is 17.1 Å². The SMILES string of the molecule is COc1ccc2c(c1)C1(CCN(Cc3ccc(F)cc3)CC1)CN2C(=O)c1ccc2ccccc2c1. The topological polar surface area (TPSA) is 32.8 Å². The van der Waals surface area contributed by atoms with Crippen LogP contribution in [0.1, 0.15) is 34.3 Å². The summed E-state index contributed by atoms with van der Waals surface area (Å²) in [6, 6.07) is 27.0. The summed E-state index contributed by atoms with van der Waals surface area (Å²) < 4.78 is 18.9. The Balaban J connectivity index is 1.28. The van der Waals surface area contributed by atoms with Gasteiger partial charge in [-0.1, -0.05) is 42.5 Å². The third-order valence-electron chi connectivity index (χ3n) is 7.90. The van der Waals surface area contributed by atoms with E-state index in [1.54, 1.807) is 7.11 Å². The summed E-state index contributed by atoms with van der Waals surface area (Å²) in [5.74, 6) is 0.656. The lowest BCUT2D eigenvalue weighted by molar-refractivity contribution is 0.0975. The molecular weight excluding hydrogens is 451 g/mol. The average molecular weight is 481 g/mol. The van der Waals surface area contributed by atoms with E-state index in [0.29, 0.717) is 12.1 Å². The number of ether oxygens (including phenoxy) is 1. The molecule has 1 spiro atoms. The van der Waals surface area contributed by atoms with Crippen molar-refractivity contribution in [2.24, 2.45) is 0 Å². The van der Waals surface area contributed by atoms with Crippen LogP contribution in [0.15, 0.2) is 84.9 Å². The Bertz CT molecular complexity index is 1420. The lowest BCUT2D eigenvalue weighted by Gasteiger charge is -2.40. The molecule has 0 radical (unpaired) electrons. The highest BCUT2D eigenvalue weighted by Gasteiger charge is 2.46. The Hall–Kier alpha value is -3.70. The number of hydrogen-bond donors (Lipinski definition) is 0. The minimum atomic E-state index is -0.205. The summed E-state index contributed by atoms with van der Waals surface area (Å²) in [4.78, 5) is 18.2. The first-order valence-corrected chi connectivity index (χ1v) is 12.5. The molecule has 1 amide bonds. The van der Waals surface area contributed by atoms with Crippen molar-refractivity contribution in [1.82, 2.24) is 4.90 Å². The van der Waals surface area contributed by atoms with Gasteiger partial charge in [0.15, 0.2) is 0 Å². The number of likely N-dealkylation sites (tertiary alicyclic amines) is 1. The van der Waals surface area contributed by atoms with E-state index in [0.717, 1.165) is 60.2 Å². The van der Waals surface area contributed by atoms with E-state index in [2.05, 4.69) is 17.0 Å². The van der Waals surface area contributed by atoms with Gasteiger partial charge in [-0.05, 0) is 90.3 Å². The van der Waals surface area contributed by atoms with Crippen molar-refractivity contribution >= 4 is 22.4 Å². The zero-order valence-corrected chi connectivity index (χ0v) is 20.4. The summed E-state index contributed by atoms with van der Waals surface area (Å²) in [5, 5.41) is 2.20. The van der Waals surface area contributed by atoms with Crippen LogP contribution >= 0.6 is 0 Å². The van der Waals surface area contributed by atoms with E-state index in [1.165, 1.54) is 17.7 Å². The number of hydrogen-bond acceptors (Lipinski definition) is 3. The zero-order chi connectivity index (χ0) is 24.7. The fourth-order valence-electron chi connectivity index (χ4n) is 5.85. The van der Waals surface area contributed by atoms with Crippen LogP contribution < -0.4 is 9.64 Å². The number of amides is 1.